The maximum absolute atomic E-state index is 4.63. The smallest absolute Gasteiger partial charge is 0.225 e. The molecule has 1 aromatic carbocycles. The van der Waals surface area contributed by atoms with Crippen LogP contribution in [0.1, 0.15) is 31.9 Å². The van der Waals surface area contributed by atoms with Crippen molar-refractivity contribution in [2.45, 2.75) is 39.8 Å². The maximum atomic E-state index is 4.63. The van der Waals surface area contributed by atoms with Gasteiger partial charge in [-0.1, -0.05) is 35.9 Å². The highest BCUT2D eigenvalue weighted by atomic mass is 15.2. The van der Waals surface area contributed by atoms with Gasteiger partial charge >= 0.3 is 0 Å². The molecular weight excluding hydrogens is 322 g/mol. The zero-order valence-corrected chi connectivity index (χ0v) is 15.7. The average Bonchev–Trinajstić information content (AvgIpc) is 2.60. The van der Waals surface area contributed by atoms with Crippen LogP contribution >= 0.6 is 0 Å². The summed E-state index contributed by atoms with van der Waals surface area (Å²) in [5.74, 6) is 1.36. The van der Waals surface area contributed by atoms with Crippen LogP contribution in [0.3, 0.4) is 0 Å². The van der Waals surface area contributed by atoms with Crippen LogP contribution in [0, 0.1) is 6.92 Å². The van der Waals surface area contributed by atoms with Crippen molar-refractivity contribution in [3.8, 4) is 11.4 Å². The van der Waals surface area contributed by atoms with E-state index >= 15 is 0 Å². The summed E-state index contributed by atoms with van der Waals surface area (Å²) in [4.78, 5) is 13.7. The van der Waals surface area contributed by atoms with Crippen molar-refractivity contribution in [3.05, 3.63) is 65.9 Å². The van der Waals surface area contributed by atoms with Crippen LogP contribution < -0.4 is 10.6 Å². The molecule has 134 valence electrons. The molecule has 3 aromatic rings. The van der Waals surface area contributed by atoms with E-state index in [1.807, 2.05) is 24.3 Å². The van der Waals surface area contributed by atoms with Gasteiger partial charge in [-0.25, -0.2) is 4.98 Å². The fourth-order valence-corrected chi connectivity index (χ4v) is 2.47. The molecule has 0 fully saturated rings. The fourth-order valence-electron chi connectivity index (χ4n) is 2.47. The summed E-state index contributed by atoms with van der Waals surface area (Å²) in [6.07, 6.45) is 1.77. The molecule has 5 heteroatoms. The van der Waals surface area contributed by atoms with Crippen molar-refractivity contribution in [3.63, 3.8) is 0 Å². The highest BCUT2D eigenvalue weighted by Crippen LogP contribution is 2.21. The second kappa shape index (κ2) is 7.52. The Morgan fingerprint density at radius 2 is 1.69 bits per heavy atom. The minimum absolute atomic E-state index is 0.128. The second-order valence-electron chi connectivity index (χ2n) is 7.39. The second-order valence-corrected chi connectivity index (χ2v) is 7.39. The molecule has 3 rings (SSSR count). The van der Waals surface area contributed by atoms with Crippen molar-refractivity contribution in [2.24, 2.45) is 0 Å². The lowest BCUT2D eigenvalue weighted by Gasteiger charge is -2.21. The lowest BCUT2D eigenvalue weighted by molar-refractivity contribution is 0.626. The lowest BCUT2D eigenvalue weighted by Crippen LogP contribution is -2.27. The summed E-state index contributed by atoms with van der Waals surface area (Å²) in [5.41, 5.74) is 3.95. The minimum Gasteiger partial charge on any atom is -0.366 e. The number of aromatic nitrogens is 3. The van der Waals surface area contributed by atoms with Gasteiger partial charge in [0.2, 0.25) is 5.95 Å². The van der Waals surface area contributed by atoms with E-state index in [1.165, 1.54) is 11.1 Å². The first-order chi connectivity index (χ1) is 12.4. The first-order valence-electron chi connectivity index (χ1n) is 8.77. The third-order valence-corrected chi connectivity index (χ3v) is 3.73. The first-order valence-corrected chi connectivity index (χ1v) is 8.77. The summed E-state index contributed by atoms with van der Waals surface area (Å²) in [6, 6.07) is 16.2. The van der Waals surface area contributed by atoms with E-state index in [0.717, 1.165) is 17.2 Å². The van der Waals surface area contributed by atoms with Crippen LogP contribution in [-0.2, 0) is 6.54 Å². The monoisotopic (exact) mass is 347 g/mol. The average molecular weight is 347 g/mol. The van der Waals surface area contributed by atoms with Gasteiger partial charge < -0.3 is 10.6 Å². The Hall–Kier alpha value is -2.95. The molecule has 0 aliphatic rings. The Balaban J connectivity index is 1.87. The van der Waals surface area contributed by atoms with Gasteiger partial charge in [-0.05, 0) is 45.4 Å². The van der Waals surface area contributed by atoms with Gasteiger partial charge in [0, 0.05) is 24.3 Å². The number of aryl methyl sites for hydroxylation is 1. The third-order valence-electron chi connectivity index (χ3n) is 3.73. The maximum Gasteiger partial charge on any atom is 0.225 e. The Morgan fingerprint density at radius 1 is 0.923 bits per heavy atom. The van der Waals surface area contributed by atoms with E-state index in [4.69, 9.17) is 0 Å². The van der Waals surface area contributed by atoms with Gasteiger partial charge in [0.25, 0.3) is 0 Å². The van der Waals surface area contributed by atoms with E-state index in [0.29, 0.717) is 12.5 Å². The van der Waals surface area contributed by atoms with Crippen LogP contribution in [0.5, 0.6) is 0 Å². The normalized spacial score (nSPS) is 11.2. The summed E-state index contributed by atoms with van der Waals surface area (Å²) >= 11 is 0. The fraction of sp³-hybridized carbons (Fsp3) is 0.286. The van der Waals surface area contributed by atoms with Gasteiger partial charge in [-0.3, -0.25) is 4.98 Å². The number of benzene rings is 1. The molecule has 0 bridgehead atoms. The van der Waals surface area contributed by atoms with Crippen LogP contribution in [0.25, 0.3) is 11.4 Å². The number of nitrogens with zero attached hydrogens (tertiary/aromatic N) is 3. The Kier molecular flexibility index (Phi) is 5.16. The standard InChI is InChI=1S/C21H25N5/c1-15-8-10-16(11-9-15)14-23-19-13-18(17-7-5-6-12-22-17)24-20(25-19)26-21(2,3)4/h5-13H,14H2,1-4H3,(H2,23,24,25,26). The molecule has 0 amide bonds. The molecule has 2 N–H and O–H groups in total. The summed E-state index contributed by atoms with van der Waals surface area (Å²) in [7, 11) is 0. The van der Waals surface area contributed by atoms with Gasteiger partial charge in [-0.2, -0.15) is 4.98 Å². The molecule has 0 unspecified atom stereocenters. The molecule has 0 aliphatic carbocycles. The van der Waals surface area contributed by atoms with Crippen LogP contribution in [-0.4, -0.2) is 20.5 Å². The molecule has 2 heterocycles. The van der Waals surface area contributed by atoms with Crippen molar-refractivity contribution < 1.29 is 0 Å². The molecule has 0 spiro atoms. The molecule has 0 saturated heterocycles. The molecule has 0 saturated carbocycles. The van der Waals surface area contributed by atoms with E-state index in [-0.39, 0.29) is 5.54 Å². The molecule has 0 radical (unpaired) electrons. The quantitative estimate of drug-likeness (QED) is 0.702. The van der Waals surface area contributed by atoms with Crippen molar-refractivity contribution in [1.29, 1.82) is 0 Å². The van der Waals surface area contributed by atoms with Crippen LogP contribution in [0.15, 0.2) is 54.7 Å². The minimum atomic E-state index is -0.128. The molecule has 0 aliphatic heterocycles. The number of hydrogen-bond donors (Lipinski definition) is 2. The number of hydrogen-bond acceptors (Lipinski definition) is 5. The van der Waals surface area contributed by atoms with E-state index in [1.54, 1.807) is 6.20 Å². The van der Waals surface area contributed by atoms with Gasteiger partial charge in [0.1, 0.15) is 5.82 Å². The number of rotatable bonds is 5. The van der Waals surface area contributed by atoms with Crippen molar-refractivity contribution >= 4 is 11.8 Å². The summed E-state index contributed by atoms with van der Waals surface area (Å²) < 4.78 is 0. The van der Waals surface area contributed by atoms with E-state index in [9.17, 15) is 0 Å². The predicted molar refractivity (Wildman–Crippen MR) is 107 cm³/mol. The summed E-state index contributed by atoms with van der Waals surface area (Å²) in [6.45, 7) is 9.05. The number of anilines is 2. The third kappa shape index (κ3) is 5.02. The molecule has 26 heavy (non-hydrogen) atoms. The molecule has 5 nitrogen and oxygen atoms in total. The predicted octanol–water partition coefficient (Wildman–Crippen LogP) is 4.67. The van der Waals surface area contributed by atoms with Crippen molar-refractivity contribution in [1.82, 2.24) is 15.0 Å². The molecular formula is C21H25N5. The van der Waals surface area contributed by atoms with Crippen molar-refractivity contribution in [2.75, 3.05) is 10.6 Å². The molecule has 0 atom stereocenters. The Morgan fingerprint density at radius 3 is 2.35 bits per heavy atom. The van der Waals surface area contributed by atoms with E-state index < -0.39 is 0 Å². The Labute approximate surface area is 154 Å². The van der Waals surface area contributed by atoms with Crippen LogP contribution in [0.2, 0.25) is 0 Å². The van der Waals surface area contributed by atoms with Crippen LogP contribution in [0.4, 0.5) is 11.8 Å². The van der Waals surface area contributed by atoms with Gasteiger partial charge in [-0.15, -0.1) is 0 Å². The SMILES string of the molecule is Cc1ccc(CNc2cc(-c3ccccn3)nc(NC(C)(C)C)n2)cc1. The highest BCUT2D eigenvalue weighted by molar-refractivity contribution is 5.61. The highest BCUT2D eigenvalue weighted by Gasteiger charge is 2.14. The van der Waals surface area contributed by atoms with Gasteiger partial charge in [0.15, 0.2) is 0 Å². The number of pyridine rings is 1. The zero-order chi connectivity index (χ0) is 18.6. The summed E-state index contributed by atoms with van der Waals surface area (Å²) in [5, 5.41) is 6.75. The van der Waals surface area contributed by atoms with Gasteiger partial charge in [0.05, 0.1) is 11.4 Å². The molecule has 2 aromatic heterocycles. The zero-order valence-electron chi connectivity index (χ0n) is 15.7. The number of nitrogens with one attached hydrogen (secondary N) is 2. The lowest BCUT2D eigenvalue weighted by atomic mass is 10.1. The van der Waals surface area contributed by atoms with E-state index in [2.05, 4.69) is 77.5 Å². The topological polar surface area (TPSA) is 62.7 Å². The Bertz CT molecular complexity index is 852. The largest absolute Gasteiger partial charge is 0.366 e. The first kappa shape index (κ1) is 17.9.